The first-order chi connectivity index (χ1) is 9.90. The van der Waals surface area contributed by atoms with Crippen LogP contribution in [0.2, 0.25) is 0 Å². The number of hydrogen-bond acceptors (Lipinski definition) is 2. The van der Waals surface area contributed by atoms with Crippen molar-refractivity contribution in [2.75, 3.05) is 26.7 Å². The molecule has 1 fully saturated rings. The van der Waals surface area contributed by atoms with E-state index in [1.165, 1.54) is 25.7 Å². The molecule has 0 radical (unpaired) electrons. The van der Waals surface area contributed by atoms with E-state index in [9.17, 15) is 4.79 Å². The second-order valence-electron chi connectivity index (χ2n) is 6.71. The molecule has 1 atom stereocenters. The summed E-state index contributed by atoms with van der Waals surface area (Å²) in [5.74, 6) is 0.857. The molecule has 21 heavy (non-hydrogen) atoms. The third-order valence-corrected chi connectivity index (χ3v) is 4.00. The van der Waals surface area contributed by atoms with Gasteiger partial charge < -0.3 is 15.5 Å². The standard InChI is InChI=1S/C16H32N4O/c1-6-8-16(4)9-7-10-20(12-16)15(17-5)18-11-14(21)19-13(2)3/h13H,6-12H2,1-5H3,(H,17,18)(H,19,21). The highest BCUT2D eigenvalue weighted by Gasteiger charge is 2.31. The van der Waals surface area contributed by atoms with Crippen LogP contribution in [0.4, 0.5) is 0 Å². The molecule has 0 bridgehead atoms. The Balaban J connectivity index is 2.54. The predicted octanol–water partition coefficient (Wildman–Crippen LogP) is 1.99. The van der Waals surface area contributed by atoms with Crippen LogP contribution in [0.25, 0.3) is 0 Å². The monoisotopic (exact) mass is 296 g/mol. The van der Waals surface area contributed by atoms with Gasteiger partial charge in [0.05, 0.1) is 6.54 Å². The molecule has 0 aromatic carbocycles. The van der Waals surface area contributed by atoms with Crippen LogP contribution in [0.1, 0.15) is 53.4 Å². The highest BCUT2D eigenvalue weighted by atomic mass is 16.2. The average Bonchev–Trinajstić information content (AvgIpc) is 2.38. The normalized spacial score (nSPS) is 23.3. The van der Waals surface area contributed by atoms with Gasteiger partial charge in [-0.05, 0) is 38.5 Å². The molecule has 1 aliphatic heterocycles. The number of aliphatic imine (C=N–C) groups is 1. The van der Waals surface area contributed by atoms with Crippen LogP contribution in [0.15, 0.2) is 4.99 Å². The van der Waals surface area contributed by atoms with Gasteiger partial charge in [-0.2, -0.15) is 0 Å². The summed E-state index contributed by atoms with van der Waals surface area (Å²) < 4.78 is 0. The van der Waals surface area contributed by atoms with Crippen LogP contribution < -0.4 is 10.6 Å². The number of carbonyl (C=O) groups is 1. The molecule has 2 N–H and O–H groups in total. The number of carbonyl (C=O) groups excluding carboxylic acids is 1. The number of likely N-dealkylation sites (tertiary alicyclic amines) is 1. The van der Waals surface area contributed by atoms with Gasteiger partial charge in [0.2, 0.25) is 5.91 Å². The van der Waals surface area contributed by atoms with Crippen molar-refractivity contribution in [1.82, 2.24) is 15.5 Å². The Hall–Kier alpha value is -1.26. The van der Waals surface area contributed by atoms with Crippen molar-refractivity contribution in [2.45, 2.75) is 59.4 Å². The number of piperidine rings is 1. The number of amides is 1. The Morgan fingerprint density at radius 2 is 2.14 bits per heavy atom. The first kappa shape index (κ1) is 17.8. The van der Waals surface area contributed by atoms with Crippen molar-refractivity contribution in [3.8, 4) is 0 Å². The fourth-order valence-corrected chi connectivity index (χ4v) is 3.17. The van der Waals surface area contributed by atoms with Crippen LogP contribution in [-0.4, -0.2) is 49.5 Å². The van der Waals surface area contributed by atoms with Gasteiger partial charge in [-0.15, -0.1) is 0 Å². The van der Waals surface area contributed by atoms with Gasteiger partial charge in [0.1, 0.15) is 0 Å². The molecule has 1 saturated heterocycles. The molecular formula is C16H32N4O. The zero-order chi connectivity index (χ0) is 15.9. The third kappa shape index (κ3) is 5.94. The number of hydrogen-bond donors (Lipinski definition) is 2. The first-order valence-electron chi connectivity index (χ1n) is 8.15. The maximum Gasteiger partial charge on any atom is 0.239 e. The van der Waals surface area contributed by atoms with Crippen LogP contribution in [0.3, 0.4) is 0 Å². The molecule has 0 aromatic rings. The fraction of sp³-hybridized carbons (Fsp3) is 0.875. The quantitative estimate of drug-likeness (QED) is 0.602. The van der Waals surface area contributed by atoms with E-state index in [1.54, 1.807) is 7.05 Å². The summed E-state index contributed by atoms with van der Waals surface area (Å²) in [5.41, 5.74) is 0.366. The maximum atomic E-state index is 11.7. The van der Waals surface area contributed by atoms with E-state index < -0.39 is 0 Å². The lowest BCUT2D eigenvalue weighted by molar-refractivity contribution is -0.120. The fourth-order valence-electron chi connectivity index (χ4n) is 3.17. The number of rotatable bonds is 5. The van der Waals surface area contributed by atoms with E-state index in [2.05, 4.69) is 34.4 Å². The molecule has 0 saturated carbocycles. The van der Waals surface area contributed by atoms with Crippen LogP contribution in [-0.2, 0) is 4.79 Å². The zero-order valence-corrected chi connectivity index (χ0v) is 14.3. The molecule has 5 nitrogen and oxygen atoms in total. The third-order valence-electron chi connectivity index (χ3n) is 4.00. The number of nitrogens with zero attached hydrogens (tertiary/aromatic N) is 2. The second kappa shape index (κ2) is 8.25. The Bertz CT molecular complexity index is 363. The molecule has 5 heteroatoms. The summed E-state index contributed by atoms with van der Waals surface area (Å²) in [5, 5.41) is 6.07. The highest BCUT2D eigenvalue weighted by molar-refractivity contribution is 5.86. The maximum absolute atomic E-state index is 11.7. The van der Waals surface area contributed by atoms with Crippen molar-refractivity contribution < 1.29 is 4.79 Å². The Morgan fingerprint density at radius 3 is 2.71 bits per heavy atom. The Kier molecular flexibility index (Phi) is 6.99. The highest BCUT2D eigenvalue weighted by Crippen LogP contribution is 2.33. The van der Waals surface area contributed by atoms with Crippen LogP contribution in [0.5, 0.6) is 0 Å². The lowest BCUT2D eigenvalue weighted by Gasteiger charge is -2.42. The van der Waals surface area contributed by atoms with E-state index in [-0.39, 0.29) is 18.5 Å². The SMILES string of the molecule is CCCC1(C)CCCN(C(=NC)NCC(=O)NC(C)C)C1. The van der Waals surface area contributed by atoms with E-state index in [0.29, 0.717) is 5.41 Å². The predicted molar refractivity (Wildman–Crippen MR) is 88.5 cm³/mol. The molecule has 1 amide bonds. The van der Waals surface area contributed by atoms with Gasteiger partial charge in [-0.3, -0.25) is 9.79 Å². The second-order valence-corrected chi connectivity index (χ2v) is 6.71. The smallest absolute Gasteiger partial charge is 0.239 e. The summed E-state index contributed by atoms with van der Waals surface area (Å²) in [6.45, 7) is 10.9. The lowest BCUT2D eigenvalue weighted by atomic mass is 9.78. The Labute approximate surface area is 129 Å². The largest absolute Gasteiger partial charge is 0.352 e. The van der Waals surface area contributed by atoms with Crippen molar-refractivity contribution in [2.24, 2.45) is 10.4 Å². The molecule has 0 aromatic heterocycles. The topological polar surface area (TPSA) is 56.7 Å². The molecule has 0 aliphatic carbocycles. The van der Waals surface area contributed by atoms with Gasteiger partial charge >= 0.3 is 0 Å². The summed E-state index contributed by atoms with van der Waals surface area (Å²) in [4.78, 5) is 18.4. The lowest BCUT2D eigenvalue weighted by Crippen LogP contribution is -2.51. The molecule has 1 aliphatic rings. The summed E-state index contributed by atoms with van der Waals surface area (Å²) in [6.07, 6.45) is 4.93. The van der Waals surface area contributed by atoms with Gasteiger partial charge in [-0.25, -0.2) is 0 Å². The summed E-state index contributed by atoms with van der Waals surface area (Å²) in [6, 6.07) is 0.171. The van der Waals surface area contributed by atoms with E-state index in [4.69, 9.17) is 0 Å². The Morgan fingerprint density at radius 1 is 1.43 bits per heavy atom. The van der Waals surface area contributed by atoms with Crippen molar-refractivity contribution >= 4 is 11.9 Å². The summed E-state index contributed by atoms with van der Waals surface area (Å²) in [7, 11) is 1.79. The van der Waals surface area contributed by atoms with Crippen LogP contribution >= 0.6 is 0 Å². The van der Waals surface area contributed by atoms with Gasteiger partial charge in [0.15, 0.2) is 5.96 Å². The molecule has 1 rings (SSSR count). The minimum absolute atomic E-state index is 0.0134. The average molecular weight is 296 g/mol. The van der Waals surface area contributed by atoms with Gasteiger partial charge in [0, 0.05) is 26.2 Å². The summed E-state index contributed by atoms with van der Waals surface area (Å²) >= 11 is 0. The number of nitrogens with one attached hydrogen (secondary N) is 2. The van der Waals surface area contributed by atoms with Gasteiger partial charge in [-0.1, -0.05) is 20.3 Å². The van der Waals surface area contributed by atoms with Crippen LogP contribution in [0, 0.1) is 5.41 Å². The van der Waals surface area contributed by atoms with Crippen molar-refractivity contribution in [3.63, 3.8) is 0 Å². The van der Waals surface area contributed by atoms with Crippen molar-refractivity contribution in [3.05, 3.63) is 0 Å². The zero-order valence-electron chi connectivity index (χ0n) is 14.3. The molecule has 1 unspecified atom stereocenters. The minimum atomic E-state index is 0.0134. The van der Waals surface area contributed by atoms with E-state index in [1.807, 2.05) is 13.8 Å². The molecule has 122 valence electrons. The number of guanidine groups is 1. The minimum Gasteiger partial charge on any atom is -0.352 e. The molecular weight excluding hydrogens is 264 g/mol. The van der Waals surface area contributed by atoms with E-state index >= 15 is 0 Å². The first-order valence-corrected chi connectivity index (χ1v) is 8.15. The molecule has 1 heterocycles. The molecule has 0 spiro atoms. The van der Waals surface area contributed by atoms with Crippen molar-refractivity contribution in [1.29, 1.82) is 0 Å². The van der Waals surface area contributed by atoms with Gasteiger partial charge in [0.25, 0.3) is 0 Å². The van der Waals surface area contributed by atoms with E-state index in [0.717, 1.165) is 19.0 Å².